The predicted octanol–water partition coefficient (Wildman–Crippen LogP) is 8.33. The Morgan fingerprint density at radius 1 is 0.483 bits per heavy atom. The van der Waals surface area contributed by atoms with E-state index in [1.54, 1.807) is 0 Å². The van der Waals surface area contributed by atoms with Gasteiger partial charge >= 0.3 is 0 Å². The van der Waals surface area contributed by atoms with Crippen molar-refractivity contribution in [2.24, 2.45) is 0 Å². The smallest absolute Gasteiger partial charge is 0.182 e. The summed E-state index contributed by atoms with van der Waals surface area (Å²) >= 11 is 0. The van der Waals surface area contributed by atoms with Gasteiger partial charge < -0.3 is 8.85 Å². The highest BCUT2D eigenvalue weighted by molar-refractivity contribution is 6.76. The van der Waals surface area contributed by atoms with Gasteiger partial charge in [0.2, 0.25) is 0 Å². The zero-order chi connectivity index (χ0) is 21.8. The lowest BCUT2D eigenvalue weighted by molar-refractivity contribution is 0.283. The van der Waals surface area contributed by atoms with Crippen LogP contribution in [0.3, 0.4) is 0 Å². The summed E-state index contributed by atoms with van der Waals surface area (Å²) in [5.41, 5.74) is 0. The molecule has 0 aliphatic carbocycles. The van der Waals surface area contributed by atoms with Crippen molar-refractivity contribution in [1.82, 2.24) is 0 Å². The van der Waals surface area contributed by atoms with Crippen molar-refractivity contribution in [2.45, 2.75) is 148 Å². The molecular weight excluding hydrogens is 388 g/mol. The minimum absolute atomic E-state index is 0.463. The van der Waals surface area contributed by atoms with E-state index in [4.69, 9.17) is 8.85 Å². The van der Waals surface area contributed by atoms with E-state index in [1.807, 2.05) is 0 Å². The average Bonchev–Trinajstić information content (AvgIpc) is 2.71. The Morgan fingerprint density at radius 3 is 1.17 bits per heavy atom. The molecule has 0 aliphatic heterocycles. The second kappa shape index (κ2) is 20.3. The van der Waals surface area contributed by atoms with Gasteiger partial charge in [-0.15, -0.1) is 0 Å². The molecule has 0 radical (unpaired) electrons. The lowest BCUT2D eigenvalue weighted by Gasteiger charge is -2.44. The van der Waals surface area contributed by atoms with Crippen molar-refractivity contribution in [1.29, 1.82) is 0 Å². The monoisotopic (exact) mass is 444 g/mol. The first kappa shape index (κ1) is 29.4. The molecule has 0 bridgehead atoms. The van der Waals surface area contributed by atoms with E-state index in [9.17, 15) is 0 Å². The van der Waals surface area contributed by atoms with Gasteiger partial charge in [-0.3, -0.25) is 0 Å². The third-order valence-electron chi connectivity index (χ3n) is 6.59. The van der Waals surface area contributed by atoms with Gasteiger partial charge in [-0.05, 0) is 38.8 Å². The first-order chi connectivity index (χ1) is 14.2. The molecule has 0 N–H and O–H groups in total. The van der Waals surface area contributed by atoms with Gasteiger partial charge in [-0.25, -0.2) is 0 Å². The molecule has 0 aromatic carbocycles. The van der Waals surface area contributed by atoms with Crippen molar-refractivity contribution >= 4 is 18.1 Å². The number of rotatable bonds is 22. The third-order valence-corrected chi connectivity index (χ3v) is 15.9. The molecule has 0 spiro atoms. The van der Waals surface area contributed by atoms with Crippen molar-refractivity contribution < 1.29 is 8.85 Å². The van der Waals surface area contributed by atoms with Crippen LogP contribution in [0.5, 0.6) is 0 Å². The summed E-state index contributed by atoms with van der Waals surface area (Å²) in [4.78, 5) is 0. The van der Waals surface area contributed by atoms with E-state index in [1.165, 1.54) is 102 Å². The lowest BCUT2D eigenvalue weighted by Crippen LogP contribution is -2.48. The Labute approximate surface area is 188 Å². The van der Waals surface area contributed by atoms with E-state index in [-0.39, 0.29) is 0 Å². The highest BCUT2D eigenvalue weighted by Crippen LogP contribution is 2.47. The normalized spacial score (nSPS) is 14.3. The summed E-state index contributed by atoms with van der Waals surface area (Å²) in [7, 11) is -2.58. The molecule has 2 atom stereocenters. The fourth-order valence-electron chi connectivity index (χ4n) is 5.25. The van der Waals surface area contributed by atoms with Crippen LogP contribution < -0.4 is 0 Å². The fourth-order valence-corrected chi connectivity index (χ4v) is 15.2. The van der Waals surface area contributed by atoms with Crippen LogP contribution in [0.25, 0.3) is 0 Å². The van der Waals surface area contributed by atoms with E-state index in [2.05, 4.69) is 41.5 Å². The average molecular weight is 445 g/mol. The summed E-state index contributed by atoms with van der Waals surface area (Å²) < 4.78 is 13.8. The van der Waals surface area contributed by atoms with Crippen LogP contribution in [0, 0.1) is 0 Å². The molecule has 176 valence electrons. The summed E-state index contributed by atoms with van der Waals surface area (Å²) in [6.07, 6.45) is 19.1. The quantitative estimate of drug-likeness (QED) is 0.123. The van der Waals surface area contributed by atoms with Crippen LogP contribution in [0.2, 0.25) is 16.7 Å². The Hall–Kier alpha value is 0.354. The van der Waals surface area contributed by atoms with Gasteiger partial charge in [0.05, 0.1) is 0 Å². The van der Waals surface area contributed by atoms with Crippen LogP contribution in [-0.2, 0) is 8.85 Å². The van der Waals surface area contributed by atoms with E-state index < -0.39 is 18.1 Å². The molecular formula is C25H56O2Si2. The minimum atomic E-state index is -1.29. The summed E-state index contributed by atoms with van der Waals surface area (Å²) in [5.74, 6) is 0. The molecule has 0 aromatic rings. The number of unbranched alkanes of at least 4 members (excludes halogenated alkanes) is 8. The van der Waals surface area contributed by atoms with Gasteiger partial charge in [0.25, 0.3) is 0 Å². The predicted molar refractivity (Wildman–Crippen MR) is 137 cm³/mol. The molecule has 0 saturated heterocycles. The van der Waals surface area contributed by atoms with Crippen molar-refractivity contribution in [3.63, 3.8) is 0 Å². The molecule has 29 heavy (non-hydrogen) atoms. The maximum Gasteiger partial charge on any atom is 0.182 e. The zero-order valence-corrected chi connectivity index (χ0v) is 23.5. The maximum absolute atomic E-state index is 6.68. The van der Waals surface area contributed by atoms with Gasteiger partial charge in [-0.2, -0.15) is 0 Å². The van der Waals surface area contributed by atoms with Crippen LogP contribution >= 0.6 is 0 Å². The SMILES string of the molecule is CCCCCCC[SiH](OCC)C(CCC)(CCC)[SiH](CCCCCCC)OCC. The van der Waals surface area contributed by atoms with Crippen LogP contribution in [0.1, 0.15) is 131 Å². The number of hydrogen-bond donors (Lipinski definition) is 0. The van der Waals surface area contributed by atoms with Crippen LogP contribution in [0.4, 0.5) is 0 Å². The molecule has 0 saturated carbocycles. The Morgan fingerprint density at radius 2 is 0.862 bits per heavy atom. The molecule has 0 aromatic heterocycles. The molecule has 2 unspecified atom stereocenters. The Balaban J connectivity index is 5.35. The highest BCUT2D eigenvalue weighted by atomic mass is 28.4. The Bertz CT molecular complexity index is 307. The standard InChI is InChI=1S/C25H56O2Si2/c1-7-13-15-17-19-23-28(26-11-5)25(21-9-3,22-10-4)29(27-12-6)24-20-18-16-14-8-2/h28-29H,7-24H2,1-6H3. The topological polar surface area (TPSA) is 18.5 Å². The van der Waals surface area contributed by atoms with Gasteiger partial charge in [0, 0.05) is 17.9 Å². The first-order valence-electron chi connectivity index (χ1n) is 13.4. The van der Waals surface area contributed by atoms with Crippen LogP contribution in [0.15, 0.2) is 0 Å². The summed E-state index contributed by atoms with van der Waals surface area (Å²) in [5, 5.41) is 0. The Kier molecular flexibility index (Phi) is 20.5. The zero-order valence-electron chi connectivity index (χ0n) is 21.2. The molecule has 0 aliphatic rings. The van der Waals surface area contributed by atoms with Gasteiger partial charge in [0.1, 0.15) is 0 Å². The van der Waals surface area contributed by atoms with Crippen molar-refractivity contribution in [3.8, 4) is 0 Å². The lowest BCUT2D eigenvalue weighted by atomic mass is 10.1. The van der Waals surface area contributed by atoms with Crippen molar-refractivity contribution in [2.75, 3.05) is 13.2 Å². The fraction of sp³-hybridized carbons (Fsp3) is 1.00. The first-order valence-corrected chi connectivity index (χ1v) is 17.1. The van der Waals surface area contributed by atoms with Crippen LogP contribution in [-0.4, -0.2) is 31.3 Å². The third kappa shape index (κ3) is 12.1. The largest absolute Gasteiger partial charge is 0.420 e. The van der Waals surface area contributed by atoms with Gasteiger partial charge in [-0.1, -0.05) is 105 Å². The molecule has 0 rings (SSSR count). The summed E-state index contributed by atoms with van der Waals surface area (Å²) in [6.45, 7) is 15.7. The van der Waals surface area contributed by atoms with Crippen molar-refractivity contribution in [3.05, 3.63) is 0 Å². The second-order valence-electron chi connectivity index (χ2n) is 9.03. The molecule has 0 heterocycles. The maximum atomic E-state index is 6.68. The minimum Gasteiger partial charge on any atom is -0.420 e. The second-order valence-corrected chi connectivity index (χ2v) is 15.8. The molecule has 4 heteroatoms. The highest BCUT2D eigenvalue weighted by Gasteiger charge is 2.47. The van der Waals surface area contributed by atoms with Gasteiger partial charge in [0.15, 0.2) is 18.1 Å². The molecule has 2 nitrogen and oxygen atoms in total. The summed E-state index contributed by atoms with van der Waals surface area (Å²) in [6, 6.07) is 2.76. The van der Waals surface area contributed by atoms with E-state index in [0.29, 0.717) is 4.66 Å². The van der Waals surface area contributed by atoms with E-state index in [0.717, 1.165) is 13.2 Å². The molecule has 0 amide bonds. The van der Waals surface area contributed by atoms with E-state index >= 15 is 0 Å². The number of hydrogen-bond acceptors (Lipinski definition) is 2. The molecule has 0 fully saturated rings.